The van der Waals surface area contributed by atoms with Gasteiger partial charge in [0.1, 0.15) is 17.3 Å². The first-order valence-corrected chi connectivity index (χ1v) is 12.3. The topological polar surface area (TPSA) is 80.1 Å². The molecule has 12 heteroatoms. The normalized spacial score (nSPS) is 15.7. The summed E-state index contributed by atoms with van der Waals surface area (Å²) in [5.41, 5.74) is 2.12. The fourth-order valence-electron chi connectivity index (χ4n) is 4.85. The highest BCUT2D eigenvalue weighted by Crippen LogP contribution is 2.39. The Balaban J connectivity index is 1.70. The van der Waals surface area contributed by atoms with E-state index < -0.39 is 12.1 Å². The number of pyridine rings is 2. The molecule has 4 rings (SSSR count). The van der Waals surface area contributed by atoms with Gasteiger partial charge in [0.15, 0.2) is 0 Å². The molecule has 9 nitrogen and oxygen atoms in total. The fraction of sp³-hybridized carbons (Fsp3) is 0.444. The minimum atomic E-state index is -4.90. The van der Waals surface area contributed by atoms with E-state index in [0.717, 1.165) is 34.0 Å². The highest BCUT2D eigenvalue weighted by Gasteiger charge is 2.43. The third kappa shape index (κ3) is 5.51. The summed E-state index contributed by atoms with van der Waals surface area (Å²) in [6.07, 6.45) is -0.897. The highest BCUT2D eigenvalue weighted by atomic mass is 19.4. The Kier molecular flexibility index (Phi) is 7.78. The quantitative estimate of drug-likeness (QED) is 0.428. The largest absolute Gasteiger partial charge is 0.496 e. The van der Waals surface area contributed by atoms with Crippen LogP contribution >= 0.6 is 0 Å². The number of methoxy groups -OCH3 is 2. The van der Waals surface area contributed by atoms with Crippen molar-refractivity contribution in [1.29, 1.82) is 0 Å². The summed E-state index contributed by atoms with van der Waals surface area (Å²) in [6.45, 7) is 1.000. The summed E-state index contributed by atoms with van der Waals surface area (Å²) >= 11 is 0. The molecule has 0 radical (unpaired) electrons. The third-order valence-electron chi connectivity index (χ3n) is 7.13. The van der Waals surface area contributed by atoms with E-state index in [0.29, 0.717) is 42.2 Å². The maximum Gasteiger partial charge on any atom is 0.471 e. The molecule has 1 saturated heterocycles. The Bertz CT molecular complexity index is 1430. The second-order valence-electron chi connectivity index (χ2n) is 9.90. The molecule has 3 heterocycles. The van der Waals surface area contributed by atoms with Crippen LogP contribution in [0, 0.1) is 0 Å². The van der Waals surface area contributed by atoms with Crippen molar-refractivity contribution in [3.8, 4) is 22.6 Å². The molecule has 1 aliphatic rings. The van der Waals surface area contributed by atoms with Gasteiger partial charge in [-0.1, -0.05) is 0 Å². The molecule has 1 aromatic carbocycles. The fourth-order valence-corrected chi connectivity index (χ4v) is 4.85. The van der Waals surface area contributed by atoms with Crippen molar-refractivity contribution in [3.05, 3.63) is 46.5 Å². The molecule has 1 aliphatic heterocycles. The average Bonchev–Trinajstić information content (AvgIpc) is 2.89. The van der Waals surface area contributed by atoms with Crippen LogP contribution in [0.15, 0.2) is 35.4 Å². The van der Waals surface area contributed by atoms with Crippen molar-refractivity contribution in [3.63, 3.8) is 0 Å². The number of hydrogen-bond acceptors (Lipinski definition) is 7. The van der Waals surface area contributed by atoms with Gasteiger partial charge in [-0.05, 0) is 30.2 Å². The molecule has 39 heavy (non-hydrogen) atoms. The number of likely N-dealkylation sites (tertiary alicyclic amines) is 1. The third-order valence-corrected chi connectivity index (χ3v) is 7.13. The minimum absolute atomic E-state index is 0.0344. The zero-order valence-corrected chi connectivity index (χ0v) is 22.8. The molecule has 0 saturated carbocycles. The molecule has 1 unspecified atom stereocenters. The Morgan fingerprint density at radius 2 is 1.74 bits per heavy atom. The van der Waals surface area contributed by atoms with Gasteiger partial charge < -0.3 is 23.8 Å². The van der Waals surface area contributed by atoms with Gasteiger partial charge in [-0.25, -0.2) is 4.98 Å². The zero-order chi connectivity index (χ0) is 28.6. The van der Waals surface area contributed by atoms with Crippen molar-refractivity contribution in [2.75, 3.05) is 53.4 Å². The van der Waals surface area contributed by atoms with E-state index in [1.54, 1.807) is 33.7 Å². The number of benzene rings is 1. The summed E-state index contributed by atoms with van der Waals surface area (Å²) < 4.78 is 51.5. The lowest BCUT2D eigenvalue weighted by Gasteiger charge is -2.43. The first kappa shape index (κ1) is 28.2. The van der Waals surface area contributed by atoms with E-state index in [2.05, 4.69) is 4.98 Å². The molecule has 3 aromatic rings. The molecule has 1 amide bonds. The van der Waals surface area contributed by atoms with Crippen LogP contribution in [0.1, 0.15) is 12.0 Å². The van der Waals surface area contributed by atoms with E-state index in [-0.39, 0.29) is 18.1 Å². The lowest BCUT2D eigenvalue weighted by atomic mass is 9.96. The Morgan fingerprint density at radius 1 is 1.10 bits per heavy atom. The second-order valence-corrected chi connectivity index (χ2v) is 9.90. The van der Waals surface area contributed by atoms with Crippen molar-refractivity contribution < 1.29 is 27.4 Å². The van der Waals surface area contributed by atoms with Gasteiger partial charge in [0.05, 0.1) is 25.2 Å². The molecule has 210 valence electrons. The Hall–Kier alpha value is -3.80. The number of amides is 1. The van der Waals surface area contributed by atoms with Crippen LogP contribution in [0.5, 0.6) is 11.5 Å². The molecule has 2 aromatic heterocycles. The summed E-state index contributed by atoms with van der Waals surface area (Å²) in [5.74, 6) is -0.0754. The van der Waals surface area contributed by atoms with Crippen molar-refractivity contribution >= 4 is 22.5 Å². The number of rotatable bonds is 8. The predicted octanol–water partition coefficient (Wildman–Crippen LogP) is 3.28. The molecule has 0 aliphatic carbocycles. The van der Waals surface area contributed by atoms with Crippen molar-refractivity contribution in [2.45, 2.75) is 25.2 Å². The number of likely N-dealkylation sites (N-methyl/N-ethyl adjacent to an activating group) is 1. The number of aryl methyl sites for hydroxylation is 1. The predicted molar refractivity (Wildman–Crippen MR) is 142 cm³/mol. The van der Waals surface area contributed by atoms with E-state index in [4.69, 9.17) is 9.47 Å². The minimum Gasteiger partial charge on any atom is -0.496 e. The lowest BCUT2D eigenvalue weighted by Crippen LogP contribution is -2.54. The summed E-state index contributed by atoms with van der Waals surface area (Å²) in [5, 5.41) is 1.21. The summed E-state index contributed by atoms with van der Waals surface area (Å²) in [4.78, 5) is 33.4. The summed E-state index contributed by atoms with van der Waals surface area (Å²) in [6, 6.07) is 5.37. The molecule has 0 N–H and O–H groups in total. The number of halogens is 3. The molecular weight excluding hydrogens is 515 g/mol. The van der Waals surface area contributed by atoms with Crippen LogP contribution in [-0.2, 0) is 18.4 Å². The van der Waals surface area contributed by atoms with E-state index in [9.17, 15) is 22.8 Å². The molecule has 0 spiro atoms. The van der Waals surface area contributed by atoms with Gasteiger partial charge in [0, 0.05) is 77.2 Å². The number of anilines is 1. The number of alkyl halides is 3. The smallest absolute Gasteiger partial charge is 0.471 e. The molecule has 0 bridgehead atoms. The van der Waals surface area contributed by atoms with Crippen molar-refractivity contribution in [2.24, 2.45) is 7.05 Å². The Morgan fingerprint density at radius 3 is 2.26 bits per heavy atom. The average molecular weight is 548 g/mol. The number of carbonyl (C=O) groups excluding carboxylic acids is 1. The van der Waals surface area contributed by atoms with Gasteiger partial charge in [0.25, 0.3) is 5.56 Å². The van der Waals surface area contributed by atoms with Crippen LogP contribution in [0.4, 0.5) is 19.0 Å². The molecule has 1 fully saturated rings. The van der Waals surface area contributed by atoms with Gasteiger partial charge in [0.2, 0.25) is 0 Å². The van der Waals surface area contributed by atoms with Crippen LogP contribution in [-0.4, -0.2) is 85.9 Å². The molecule has 1 atom stereocenters. The van der Waals surface area contributed by atoms with Crippen LogP contribution < -0.4 is 19.9 Å². The first-order chi connectivity index (χ1) is 18.3. The highest BCUT2D eigenvalue weighted by molar-refractivity contribution is 5.97. The van der Waals surface area contributed by atoms with Gasteiger partial charge in [-0.15, -0.1) is 0 Å². The SMILES string of the molecule is COc1cc(-c2cn(C)c(=O)c3cnc(N(C)C)cc23)cc(OC)c1CN1CCC1CN(C)C(=O)C(F)(F)F. The maximum absolute atomic E-state index is 12.8. The van der Waals surface area contributed by atoms with E-state index in [1.165, 1.54) is 4.57 Å². The zero-order valence-electron chi connectivity index (χ0n) is 22.8. The second kappa shape index (κ2) is 10.8. The number of nitrogens with zero attached hydrogens (tertiary/aromatic N) is 5. The van der Waals surface area contributed by atoms with Crippen LogP contribution in [0.3, 0.4) is 0 Å². The van der Waals surface area contributed by atoms with Gasteiger partial charge in [-0.2, -0.15) is 13.2 Å². The summed E-state index contributed by atoms with van der Waals surface area (Å²) in [7, 11) is 9.66. The van der Waals surface area contributed by atoms with E-state index in [1.807, 2.05) is 42.1 Å². The van der Waals surface area contributed by atoms with E-state index >= 15 is 0 Å². The number of hydrogen-bond donors (Lipinski definition) is 0. The monoisotopic (exact) mass is 547 g/mol. The van der Waals surface area contributed by atoms with Crippen LogP contribution in [0.25, 0.3) is 21.9 Å². The van der Waals surface area contributed by atoms with Crippen LogP contribution in [0.2, 0.25) is 0 Å². The standard InChI is InChI=1S/C27H32F3N5O4/c1-32(2)24-11-18-19(12-31-24)25(36)33(3)14-20(18)16-9-22(38-5)21(23(10-16)39-6)15-35-8-7-17(35)13-34(4)26(37)27(28,29)30/h9-12,14,17H,7-8,13,15H2,1-6H3. The van der Waals surface area contributed by atoms with Gasteiger partial charge in [-0.3, -0.25) is 14.5 Å². The first-order valence-electron chi connectivity index (χ1n) is 12.3. The van der Waals surface area contributed by atoms with Crippen molar-refractivity contribution in [1.82, 2.24) is 19.4 Å². The van der Waals surface area contributed by atoms with Gasteiger partial charge >= 0.3 is 12.1 Å². The number of ether oxygens (including phenoxy) is 2. The Labute approximate surface area is 224 Å². The number of aromatic nitrogens is 2. The number of carbonyl (C=O) groups is 1. The lowest BCUT2D eigenvalue weighted by molar-refractivity contribution is -0.185. The maximum atomic E-state index is 12.8. The molecular formula is C27H32F3N5O4. The number of fused-ring (bicyclic) bond motifs is 1.